The number of nitrogens with zero attached hydrogens (tertiary/aromatic N) is 1. The van der Waals surface area contributed by atoms with Crippen molar-refractivity contribution in [3.63, 3.8) is 0 Å². The van der Waals surface area contributed by atoms with Crippen molar-refractivity contribution in [2.75, 3.05) is 19.0 Å². The highest BCUT2D eigenvalue weighted by Gasteiger charge is 2.14. The SMILES string of the molecule is CC(C)NC(=O)c1cccc2cccc(N(C)C)c12. The number of rotatable bonds is 3. The maximum absolute atomic E-state index is 12.3. The summed E-state index contributed by atoms with van der Waals surface area (Å²) in [6.45, 7) is 3.94. The molecular formula is C16H20N2O. The molecule has 0 aliphatic carbocycles. The number of benzene rings is 2. The van der Waals surface area contributed by atoms with Crippen molar-refractivity contribution < 1.29 is 4.79 Å². The quantitative estimate of drug-likeness (QED) is 0.915. The van der Waals surface area contributed by atoms with Gasteiger partial charge in [0.2, 0.25) is 0 Å². The smallest absolute Gasteiger partial charge is 0.252 e. The van der Waals surface area contributed by atoms with Crippen LogP contribution in [-0.4, -0.2) is 26.0 Å². The van der Waals surface area contributed by atoms with Crippen molar-refractivity contribution in [1.29, 1.82) is 0 Å². The van der Waals surface area contributed by atoms with Gasteiger partial charge in [-0.15, -0.1) is 0 Å². The fourth-order valence-corrected chi connectivity index (χ4v) is 2.22. The molecule has 0 aliphatic rings. The van der Waals surface area contributed by atoms with Crippen molar-refractivity contribution in [2.24, 2.45) is 0 Å². The van der Waals surface area contributed by atoms with Crippen LogP contribution in [0.15, 0.2) is 36.4 Å². The van der Waals surface area contributed by atoms with Crippen molar-refractivity contribution >= 4 is 22.4 Å². The average molecular weight is 256 g/mol. The number of fused-ring (bicyclic) bond motifs is 1. The Bertz CT molecular complexity index is 597. The van der Waals surface area contributed by atoms with E-state index in [0.717, 1.165) is 22.0 Å². The van der Waals surface area contributed by atoms with Gasteiger partial charge in [0, 0.05) is 36.8 Å². The summed E-state index contributed by atoms with van der Waals surface area (Å²) in [7, 11) is 3.98. The summed E-state index contributed by atoms with van der Waals surface area (Å²) in [4.78, 5) is 14.4. The van der Waals surface area contributed by atoms with Crippen LogP contribution in [0.5, 0.6) is 0 Å². The molecule has 3 heteroatoms. The minimum absolute atomic E-state index is 0.0186. The Kier molecular flexibility index (Phi) is 3.74. The maximum atomic E-state index is 12.3. The zero-order chi connectivity index (χ0) is 14.0. The highest BCUT2D eigenvalue weighted by atomic mass is 16.1. The van der Waals surface area contributed by atoms with Gasteiger partial charge in [0.15, 0.2) is 0 Å². The van der Waals surface area contributed by atoms with Crippen LogP contribution in [0.25, 0.3) is 10.8 Å². The molecule has 0 atom stereocenters. The van der Waals surface area contributed by atoms with E-state index in [1.54, 1.807) is 0 Å². The van der Waals surface area contributed by atoms with Crippen molar-refractivity contribution in [1.82, 2.24) is 5.32 Å². The minimum atomic E-state index is -0.0186. The van der Waals surface area contributed by atoms with Crippen molar-refractivity contribution in [3.8, 4) is 0 Å². The summed E-state index contributed by atoms with van der Waals surface area (Å²) in [5.41, 5.74) is 1.79. The number of hydrogen-bond donors (Lipinski definition) is 1. The van der Waals surface area contributed by atoms with Crippen LogP contribution in [0.2, 0.25) is 0 Å². The lowest BCUT2D eigenvalue weighted by molar-refractivity contribution is 0.0945. The summed E-state index contributed by atoms with van der Waals surface area (Å²) >= 11 is 0. The van der Waals surface area contributed by atoms with Gasteiger partial charge in [0.1, 0.15) is 0 Å². The zero-order valence-electron chi connectivity index (χ0n) is 11.9. The van der Waals surface area contributed by atoms with Gasteiger partial charge < -0.3 is 10.2 Å². The van der Waals surface area contributed by atoms with E-state index in [9.17, 15) is 4.79 Å². The van der Waals surface area contributed by atoms with Gasteiger partial charge >= 0.3 is 0 Å². The molecule has 0 saturated heterocycles. The van der Waals surface area contributed by atoms with Gasteiger partial charge in [0.05, 0.1) is 0 Å². The molecule has 3 nitrogen and oxygen atoms in total. The molecule has 2 aromatic carbocycles. The van der Waals surface area contributed by atoms with Crippen LogP contribution in [0, 0.1) is 0 Å². The highest BCUT2D eigenvalue weighted by molar-refractivity contribution is 6.11. The van der Waals surface area contributed by atoms with E-state index in [4.69, 9.17) is 0 Å². The fourth-order valence-electron chi connectivity index (χ4n) is 2.22. The van der Waals surface area contributed by atoms with E-state index in [0.29, 0.717) is 0 Å². The number of nitrogens with one attached hydrogen (secondary N) is 1. The van der Waals surface area contributed by atoms with E-state index < -0.39 is 0 Å². The van der Waals surface area contributed by atoms with Crippen LogP contribution in [-0.2, 0) is 0 Å². The first kappa shape index (κ1) is 13.4. The first-order valence-corrected chi connectivity index (χ1v) is 6.50. The Hall–Kier alpha value is -2.03. The zero-order valence-corrected chi connectivity index (χ0v) is 11.9. The molecule has 0 heterocycles. The average Bonchev–Trinajstić information content (AvgIpc) is 2.36. The predicted octanol–water partition coefficient (Wildman–Crippen LogP) is 3.04. The van der Waals surface area contributed by atoms with Gasteiger partial charge in [-0.05, 0) is 31.4 Å². The molecule has 2 rings (SSSR count). The number of anilines is 1. The molecule has 2 aromatic rings. The Morgan fingerprint density at radius 2 is 1.74 bits per heavy atom. The topological polar surface area (TPSA) is 32.3 Å². The van der Waals surface area contributed by atoms with Crippen LogP contribution >= 0.6 is 0 Å². The molecule has 0 unspecified atom stereocenters. The van der Waals surface area contributed by atoms with E-state index >= 15 is 0 Å². The van der Waals surface area contributed by atoms with E-state index in [2.05, 4.69) is 5.32 Å². The van der Waals surface area contributed by atoms with Crippen LogP contribution < -0.4 is 10.2 Å². The van der Waals surface area contributed by atoms with Crippen molar-refractivity contribution in [2.45, 2.75) is 19.9 Å². The second kappa shape index (κ2) is 5.31. The van der Waals surface area contributed by atoms with E-state index in [-0.39, 0.29) is 11.9 Å². The second-order valence-electron chi connectivity index (χ2n) is 5.20. The summed E-state index contributed by atoms with van der Waals surface area (Å²) in [6, 6.07) is 12.1. The molecule has 0 fully saturated rings. The van der Waals surface area contributed by atoms with Gasteiger partial charge in [-0.25, -0.2) is 0 Å². The third kappa shape index (κ3) is 2.70. The van der Waals surface area contributed by atoms with Gasteiger partial charge in [-0.2, -0.15) is 0 Å². The fraction of sp³-hybridized carbons (Fsp3) is 0.312. The van der Waals surface area contributed by atoms with Gasteiger partial charge in [-0.3, -0.25) is 4.79 Å². The molecular weight excluding hydrogens is 236 g/mol. The molecule has 19 heavy (non-hydrogen) atoms. The molecule has 1 N–H and O–H groups in total. The van der Waals surface area contributed by atoms with E-state index in [1.165, 1.54) is 0 Å². The number of hydrogen-bond acceptors (Lipinski definition) is 2. The van der Waals surface area contributed by atoms with Crippen LogP contribution in [0.3, 0.4) is 0 Å². The summed E-state index contributed by atoms with van der Waals surface area (Å²) in [6.07, 6.45) is 0. The Balaban J connectivity index is 2.64. The monoisotopic (exact) mass is 256 g/mol. The molecule has 1 amide bonds. The lowest BCUT2D eigenvalue weighted by Gasteiger charge is -2.18. The maximum Gasteiger partial charge on any atom is 0.252 e. The van der Waals surface area contributed by atoms with Gasteiger partial charge in [0.25, 0.3) is 5.91 Å². The molecule has 100 valence electrons. The second-order valence-corrected chi connectivity index (χ2v) is 5.20. The largest absolute Gasteiger partial charge is 0.377 e. The van der Waals surface area contributed by atoms with E-state index in [1.807, 2.05) is 69.2 Å². The summed E-state index contributed by atoms with van der Waals surface area (Å²) < 4.78 is 0. The standard InChI is InChI=1S/C16H20N2O/c1-11(2)17-16(19)13-9-5-7-12-8-6-10-14(15(12)13)18(3)4/h5-11H,1-4H3,(H,17,19). The lowest BCUT2D eigenvalue weighted by Crippen LogP contribution is -2.30. The number of amides is 1. The molecule has 0 saturated carbocycles. The number of carbonyl (C=O) groups is 1. The normalized spacial score (nSPS) is 10.8. The Morgan fingerprint density at radius 3 is 2.32 bits per heavy atom. The molecule has 0 spiro atoms. The van der Waals surface area contributed by atoms with Crippen LogP contribution in [0.4, 0.5) is 5.69 Å². The summed E-state index contributed by atoms with van der Waals surface area (Å²) in [5.74, 6) is -0.0186. The lowest BCUT2D eigenvalue weighted by atomic mass is 10.0. The minimum Gasteiger partial charge on any atom is -0.377 e. The molecule has 0 aliphatic heterocycles. The third-order valence-corrected chi connectivity index (χ3v) is 3.03. The molecule has 0 bridgehead atoms. The molecule has 0 radical (unpaired) electrons. The Morgan fingerprint density at radius 1 is 1.11 bits per heavy atom. The first-order chi connectivity index (χ1) is 9.00. The predicted molar refractivity (Wildman–Crippen MR) is 80.9 cm³/mol. The van der Waals surface area contributed by atoms with Crippen molar-refractivity contribution in [3.05, 3.63) is 42.0 Å². The third-order valence-electron chi connectivity index (χ3n) is 3.03. The van der Waals surface area contributed by atoms with Crippen LogP contribution in [0.1, 0.15) is 24.2 Å². The molecule has 0 aromatic heterocycles. The Labute approximate surface area is 114 Å². The van der Waals surface area contributed by atoms with Gasteiger partial charge in [-0.1, -0.05) is 24.3 Å². The summed E-state index contributed by atoms with van der Waals surface area (Å²) in [5, 5.41) is 5.05. The number of carbonyl (C=O) groups excluding carboxylic acids is 1. The first-order valence-electron chi connectivity index (χ1n) is 6.50. The highest BCUT2D eigenvalue weighted by Crippen LogP contribution is 2.28.